The van der Waals surface area contributed by atoms with Gasteiger partial charge in [-0.25, -0.2) is 15.2 Å². The van der Waals surface area contributed by atoms with Crippen LogP contribution in [0.3, 0.4) is 0 Å². The number of aromatic nitrogens is 2. The standard InChI is InChI=1S/C24H27ClN8O4/c1-3-30-32(2)22-23(35)33(12-18(34)29-11-13-4-6-14(7-5-13)21(27)28)19(20(25)31-22)15-8-16(24(36)37)10-17(26)9-15/h4-10,30H,3,11-12,26H2,1-2H3,(H3,27,28)(H,29,34)(H,36,37). The maximum absolute atomic E-state index is 13.4. The third kappa shape index (κ3) is 6.42. The molecule has 0 saturated heterocycles. The molecule has 3 rings (SSSR count). The van der Waals surface area contributed by atoms with Crippen molar-refractivity contribution in [3.05, 3.63) is 74.7 Å². The van der Waals surface area contributed by atoms with Crippen LogP contribution in [0.5, 0.6) is 0 Å². The van der Waals surface area contributed by atoms with Crippen LogP contribution in [-0.4, -0.2) is 46.0 Å². The van der Waals surface area contributed by atoms with E-state index in [4.69, 9.17) is 28.5 Å². The number of hydrogen-bond acceptors (Lipinski definition) is 8. The maximum atomic E-state index is 13.4. The Bertz CT molecular complexity index is 1410. The Hall–Kier alpha value is -4.42. The van der Waals surface area contributed by atoms with E-state index >= 15 is 0 Å². The van der Waals surface area contributed by atoms with Crippen LogP contribution < -0.4 is 32.8 Å². The van der Waals surface area contributed by atoms with Gasteiger partial charge in [-0.15, -0.1) is 0 Å². The SMILES string of the molecule is CCNN(C)c1nc(Cl)c(-c2cc(N)cc(C(=O)O)c2)n(CC(=O)NCc2ccc(C(=N)N)cc2)c1=O. The molecule has 13 heteroatoms. The summed E-state index contributed by atoms with van der Waals surface area (Å²) in [6.45, 7) is 2.07. The minimum absolute atomic E-state index is 0.0504. The molecule has 0 aliphatic carbocycles. The lowest BCUT2D eigenvalue weighted by molar-refractivity contribution is -0.121. The summed E-state index contributed by atoms with van der Waals surface area (Å²) in [7, 11) is 1.58. The van der Waals surface area contributed by atoms with Crippen molar-refractivity contribution in [2.45, 2.75) is 20.0 Å². The van der Waals surface area contributed by atoms with Crippen LogP contribution in [0.25, 0.3) is 11.3 Å². The number of nitrogens with zero attached hydrogens (tertiary/aromatic N) is 3. The molecule has 3 aromatic rings. The molecule has 0 spiro atoms. The van der Waals surface area contributed by atoms with Crippen molar-refractivity contribution in [3.8, 4) is 11.3 Å². The summed E-state index contributed by atoms with van der Waals surface area (Å²) in [5.74, 6) is -1.84. The average Bonchev–Trinajstić information content (AvgIpc) is 2.84. The van der Waals surface area contributed by atoms with E-state index in [2.05, 4.69) is 15.7 Å². The third-order valence-electron chi connectivity index (χ3n) is 5.35. The average molecular weight is 527 g/mol. The number of amidine groups is 1. The molecule has 8 N–H and O–H groups in total. The summed E-state index contributed by atoms with van der Waals surface area (Å²) in [5.41, 5.74) is 15.3. The number of carbonyl (C=O) groups excluding carboxylic acids is 1. The van der Waals surface area contributed by atoms with E-state index in [1.807, 2.05) is 6.92 Å². The lowest BCUT2D eigenvalue weighted by Gasteiger charge is -2.22. The topological polar surface area (TPSA) is 192 Å². The first-order valence-corrected chi connectivity index (χ1v) is 11.5. The number of amides is 1. The smallest absolute Gasteiger partial charge is 0.335 e. The number of aromatic carboxylic acids is 1. The largest absolute Gasteiger partial charge is 0.478 e. The number of rotatable bonds is 10. The maximum Gasteiger partial charge on any atom is 0.335 e. The van der Waals surface area contributed by atoms with E-state index in [1.165, 1.54) is 23.2 Å². The Kier molecular flexibility index (Phi) is 8.48. The molecule has 0 aliphatic rings. The lowest BCUT2D eigenvalue weighted by Crippen LogP contribution is -2.42. The number of halogens is 1. The van der Waals surface area contributed by atoms with Gasteiger partial charge in [-0.05, 0) is 23.8 Å². The van der Waals surface area contributed by atoms with Crippen LogP contribution in [0.2, 0.25) is 5.15 Å². The van der Waals surface area contributed by atoms with Crippen molar-refractivity contribution < 1.29 is 14.7 Å². The normalized spacial score (nSPS) is 10.7. The van der Waals surface area contributed by atoms with E-state index in [1.54, 1.807) is 31.3 Å². The first-order chi connectivity index (χ1) is 17.5. The second kappa shape index (κ2) is 11.5. The molecule has 0 bridgehead atoms. The zero-order chi connectivity index (χ0) is 27.3. The Morgan fingerprint density at radius 2 is 1.86 bits per heavy atom. The van der Waals surface area contributed by atoms with Gasteiger partial charge in [0.15, 0.2) is 5.15 Å². The third-order valence-corrected chi connectivity index (χ3v) is 5.61. The van der Waals surface area contributed by atoms with Crippen molar-refractivity contribution >= 4 is 40.8 Å². The van der Waals surface area contributed by atoms with Crippen LogP contribution in [-0.2, 0) is 17.9 Å². The molecule has 0 atom stereocenters. The first kappa shape index (κ1) is 27.2. The van der Waals surface area contributed by atoms with Gasteiger partial charge in [0.05, 0.1) is 11.3 Å². The van der Waals surface area contributed by atoms with Gasteiger partial charge in [-0.3, -0.25) is 24.6 Å². The second-order valence-corrected chi connectivity index (χ2v) is 8.43. The highest BCUT2D eigenvalue weighted by Gasteiger charge is 2.22. The minimum Gasteiger partial charge on any atom is -0.478 e. The van der Waals surface area contributed by atoms with Crippen LogP contribution in [0.4, 0.5) is 11.5 Å². The highest BCUT2D eigenvalue weighted by molar-refractivity contribution is 6.32. The highest BCUT2D eigenvalue weighted by atomic mass is 35.5. The van der Waals surface area contributed by atoms with Crippen LogP contribution in [0.1, 0.15) is 28.4 Å². The molecule has 0 unspecified atom stereocenters. The lowest BCUT2D eigenvalue weighted by atomic mass is 10.1. The van der Waals surface area contributed by atoms with Gasteiger partial charge in [-0.1, -0.05) is 42.8 Å². The van der Waals surface area contributed by atoms with E-state index in [0.29, 0.717) is 12.1 Å². The van der Waals surface area contributed by atoms with E-state index in [0.717, 1.165) is 10.1 Å². The van der Waals surface area contributed by atoms with E-state index in [9.17, 15) is 19.5 Å². The molecule has 1 heterocycles. The molecule has 194 valence electrons. The number of hydrazine groups is 1. The van der Waals surface area contributed by atoms with Gasteiger partial charge in [-0.2, -0.15) is 0 Å². The summed E-state index contributed by atoms with van der Waals surface area (Å²) in [6.07, 6.45) is 0. The number of carbonyl (C=O) groups is 2. The van der Waals surface area contributed by atoms with Crippen LogP contribution in [0, 0.1) is 5.41 Å². The number of carboxylic acids is 1. The number of nitrogens with one attached hydrogen (secondary N) is 3. The number of benzene rings is 2. The van der Waals surface area contributed by atoms with Gasteiger partial charge < -0.3 is 21.9 Å². The monoisotopic (exact) mass is 526 g/mol. The molecular formula is C24H27ClN8O4. The summed E-state index contributed by atoms with van der Waals surface area (Å²) < 4.78 is 1.13. The zero-order valence-corrected chi connectivity index (χ0v) is 21.0. The molecule has 0 radical (unpaired) electrons. The molecule has 12 nitrogen and oxygen atoms in total. The van der Waals surface area contributed by atoms with Crippen LogP contribution in [0.15, 0.2) is 47.3 Å². The van der Waals surface area contributed by atoms with Crippen molar-refractivity contribution in [2.75, 3.05) is 24.3 Å². The molecule has 37 heavy (non-hydrogen) atoms. The number of carboxylic acid groups (broad SMARTS) is 1. The fourth-order valence-electron chi connectivity index (χ4n) is 3.60. The fourth-order valence-corrected chi connectivity index (χ4v) is 3.89. The molecule has 0 fully saturated rings. The van der Waals surface area contributed by atoms with Crippen molar-refractivity contribution in [3.63, 3.8) is 0 Å². The molecule has 1 aromatic heterocycles. The Balaban J connectivity index is 2.01. The van der Waals surface area contributed by atoms with Gasteiger partial charge in [0.2, 0.25) is 11.7 Å². The minimum atomic E-state index is -1.22. The summed E-state index contributed by atoms with van der Waals surface area (Å²) in [5, 5.41) is 20.9. The van der Waals surface area contributed by atoms with Gasteiger partial charge in [0.1, 0.15) is 12.4 Å². The predicted molar refractivity (Wildman–Crippen MR) is 142 cm³/mol. The van der Waals surface area contributed by atoms with Crippen LogP contribution >= 0.6 is 11.6 Å². The number of nitrogen functional groups attached to an aromatic ring is 2. The summed E-state index contributed by atoms with van der Waals surface area (Å²) >= 11 is 6.49. The molecule has 0 saturated carbocycles. The van der Waals surface area contributed by atoms with Gasteiger partial charge in [0, 0.05) is 37.0 Å². The Labute approximate surface area is 217 Å². The van der Waals surface area contributed by atoms with Crippen molar-refractivity contribution in [1.29, 1.82) is 5.41 Å². The van der Waals surface area contributed by atoms with Gasteiger partial charge >= 0.3 is 5.97 Å². The quantitative estimate of drug-likeness (QED) is 0.0979. The predicted octanol–water partition coefficient (Wildman–Crippen LogP) is 1.41. The van der Waals surface area contributed by atoms with E-state index < -0.39 is 24.0 Å². The zero-order valence-electron chi connectivity index (χ0n) is 20.2. The first-order valence-electron chi connectivity index (χ1n) is 11.1. The van der Waals surface area contributed by atoms with Crippen molar-refractivity contribution in [1.82, 2.24) is 20.3 Å². The van der Waals surface area contributed by atoms with Gasteiger partial charge in [0.25, 0.3) is 5.56 Å². The Morgan fingerprint density at radius 3 is 2.46 bits per heavy atom. The molecular weight excluding hydrogens is 500 g/mol. The number of anilines is 2. The fraction of sp³-hybridized carbons (Fsp3) is 0.208. The second-order valence-electron chi connectivity index (χ2n) is 8.07. The number of nitrogens with two attached hydrogens (primary N) is 2. The Morgan fingerprint density at radius 1 is 1.19 bits per heavy atom. The summed E-state index contributed by atoms with van der Waals surface area (Å²) in [6, 6.07) is 10.8. The molecule has 0 aliphatic heterocycles. The molecule has 2 aromatic carbocycles. The number of hydrogen-bond donors (Lipinski definition) is 6. The van der Waals surface area contributed by atoms with Crippen molar-refractivity contribution in [2.24, 2.45) is 5.73 Å². The molecule has 1 amide bonds. The highest BCUT2D eigenvalue weighted by Crippen LogP contribution is 2.29. The summed E-state index contributed by atoms with van der Waals surface area (Å²) in [4.78, 5) is 42.1. The van der Waals surface area contributed by atoms with E-state index in [-0.39, 0.29) is 45.9 Å².